The van der Waals surface area contributed by atoms with Crippen LogP contribution in [0.15, 0.2) is 59.5 Å². The molecule has 2 rings (SSSR count). The van der Waals surface area contributed by atoms with Crippen LogP contribution in [0.3, 0.4) is 0 Å². The monoisotopic (exact) mass is 360 g/mol. The minimum Gasteiger partial charge on any atom is -0.352 e. The van der Waals surface area contributed by atoms with Gasteiger partial charge in [0.05, 0.1) is 10.6 Å². The molecule has 1 unspecified atom stereocenters. The highest BCUT2D eigenvalue weighted by Crippen LogP contribution is 2.26. The molecule has 134 valence electrons. The van der Waals surface area contributed by atoms with Crippen LogP contribution < -0.4 is 9.62 Å². The minimum absolute atomic E-state index is 0.00866. The Kier molecular flexibility index (Phi) is 6.20. The summed E-state index contributed by atoms with van der Waals surface area (Å²) in [4.78, 5) is 12.5. The summed E-state index contributed by atoms with van der Waals surface area (Å²) in [6.07, 6.45) is 0.779. The third-order valence-corrected chi connectivity index (χ3v) is 5.80. The van der Waals surface area contributed by atoms with Gasteiger partial charge >= 0.3 is 0 Å². The molecule has 0 aliphatic heterocycles. The van der Waals surface area contributed by atoms with E-state index < -0.39 is 10.0 Å². The lowest BCUT2D eigenvalue weighted by molar-refractivity contribution is -0.120. The van der Waals surface area contributed by atoms with E-state index in [2.05, 4.69) is 5.32 Å². The van der Waals surface area contributed by atoms with Crippen molar-refractivity contribution in [3.63, 3.8) is 0 Å². The molecule has 0 spiro atoms. The number of anilines is 1. The van der Waals surface area contributed by atoms with Crippen molar-refractivity contribution in [2.24, 2.45) is 0 Å². The zero-order valence-electron chi connectivity index (χ0n) is 14.8. The Morgan fingerprint density at radius 2 is 1.68 bits per heavy atom. The van der Waals surface area contributed by atoms with Crippen molar-refractivity contribution in [3.8, 4) is 0 Å². The minimum atomic E-state index is -3.84. The average molecular weight is 360 g/mol. The van der Waals surface area contributed by atoms with Gasteiger partial charge in [-0.1, -0.05) is 43.3 Å². The maximum absolute atomic E-state index is 13.1. The number of carbonyl (C=O) groups is 1. The van der Waals surface area contributed by atoms with Gasteiger partial charge in [-0.15, -0.1) is 0 Å². The number of amides is 1. The number of carbonyl (C=O) groups excluding carboxylic acids is 1. The Morgan fingerprint density at radius 3 is 2.28 bits per heavy atom. The van der Waals surface area contributed by atoms with E-state index in [1.54, 1.807) is 30.3 Å². The fourth-order valence-corrected chi connectivity index (χ4v) is 3.92. The summed E-state index contributed by atoms with van der Waals surface area (Å²) in [7, 11) is -3.84. The van der Waals surface area contributed by atoms with Crippen LogP contribution in [0.4, 0.5) is 5.69 Å². The third-order valence-electron chi connectivity index (χ3n) is 4.02. The lowest BCUT2D eigenvalue weighted by Gasteiger charge is -2.26. The van der Waals surface area contributed by atoms with E-state index in [9.17, 15) is 13.2 Å². The van der Waals surface area contributed by atoms with Crippen molar-refractivity contribution in [1.29, 1.82) is 0 Å². The summed E-state index contributed by atoms with van der Waals surface area (Å²) < 4.78 is 27.4. The highest BCUT2D eigenvalue weighted by molar-refractivity contribution is 7.92. The molecule has 0 aliphatic carbocycles. The third kappa shape index (κ3) is 4.60. The fourth-order valence-electron chi connectivity index (χ4n) is 2.42. The molecule has 2 aromatic carbocycles. The molecule has 0 fully saturated rings. The lowest BCUT2D eigenvalue weighted by Crippen LogP contribution is -2.43. The second-order valence-electron chi connectivity index (χ2n) is 5.99. The van der Waals surface area contributed by atoms with E-state index in [1.807, 2.05) is 32.9 Å². The first-order valence-electron chi connectivity index (χ1n) is 8.29. The van der Waals surface area contributed by atoms with Gasteiger partial charge in [0.2, 0.25) is 5.91 Å². The topological polar surface area (TPSA) is 66.5 Å². The first-order chi connectivity index (χ1) is 11.9. The number of para-hydroxylation sites is 1. The number of sulfonamides is 1. The fraction of sp³-hybridized carbons (Fsp3) is 0.316. The van der Waals surface area contributed by atoms with Crippen molar-refractivity contribution in [1.82, 2.24) is 5.32 Å². The van der Waals surface area contributed by atoms with Crippen LogP contribution in [0, 0.1) is 6.92 Å². The summed E-state index contributed by atoms with van der Waals surface area (Å²) in [6, 6.07) is 15.3. The summed E-state index contributed by atoms with van der Waals surface area (Å²) in [5, 5.41) is 2.83. The van der Waals surface area contributed by atoms with E-state index in [0.717, 1.165) is 12.0 Å². The zero-order valence-corrected chi connectivity index (χ0v) is 15.6. The van der Waals surface area contributed by atoms with Crippen molar-refractivity contribution in [2.75, 3.05) is 10.8 Å². The van der Waals surface area contributed by atoms with Gasteiger partial charge in [-0.25, -0.2) is 8.42 Å². The summed E-state index contributed by atoms with van der Waals surface area (Å²) >= 11 is 0. The SMILES string of the molecule is CCC(C)NC(=O)CN(c1ccccc1C)S(=O)(=O)c1ccccc1. The van der Waals surface area contributed by atoms with E-state index in [0.29, 0.717) is 5.69 Å². The number of rotatable bonds is 7. The Bertz CT molecular complexity index is 820. The maximum atomic E-state index is 13.1. The van der Waals surface area contributed by atoms with Crippen LogP contribution in [0.1, 0.15) is 25.8 Å². The van der Waals surface area contributed by atoms with E-state index in [-0.39, 0.29) is 23.4 Å². The summed E-state index contributed by atoms with van der Waals surface area (Å²) in [5.41, 5.74) is 1.30. The molecule has 0 saturated heterocycles. The molecule has 5 nitrogen and oxygen atoms in total. The predicted octanol–water partition coefficient (Wildman–Crippen LogP) is 3.11. The Hall–Kier alpha value is -2.34. The molecule has 0 aliphatic rings. The number of benzene rings is 2. The lowest BCUT2D eigenvalue weighted by atomic mass is 10.2. The average Bonchev–Trinajstić information content (AvgIpc) is 2.61. The molecule has 0 saturated carbocycles. The van der Waals surface area contributed by atoms with Crippen LogP contribution in [-0.2, 0) is 14.8 Å². The van der Waals surface area contributed by atoms with Gasteiger partial charge in [0, 0.05) is 6.04 Å². The van der Waals surface area contributed by atoms with E-state index in [4.69, 9.17) is 0 Å². The Morgan fingerprint density at radius 1 is 1.08 bits per heavy atom. The van der Waals surface area contributed by atoms with Gasteiger partial charge < -0.3 is 5.32 Å². The van der Waals surface area contributed by atoms with E-state index >= 15 is 0 Å². The summed E-state index contributed by atoms with van der Waals surface area (Å²) in [6.45, 7) is 5.42. The van der Waals surface area contributed by atoms with Gasteiger partial charge in [-0.2, -0.15) is 0 Å². The molecule has 2 aromatic rings. The molecule has 0 aromatic heterocycles. The largest absolute Gasteiger partial charge is 0.352 e. The second-order valence-corrected chi connectivity index (χ2v) is 7.85. The Labute approximate surface area is 149 Å². The normalized spacial score (nSPS) is 12.4. The standard InChI is InChI=1S/C19H24N2O3S/c1-4-16(3)20-19(22)14-21(18-13-9-8-10-15(18)2)25(23,24)17-11-6-5-7-12-17/h5-13,16H,4,14H2,1-3H3,(H,20,22). The molecule has 1 atom stereocenters. The number of aryl methyl sites for hydroxylation is 1. The molecular formula is C19H24N2O3S. The molecule has 1 amide bonds. The molecular weight excluding hydrogens is 336 g/mol. The van der Waals surface area contributed by atoms with Crippen LogP contribution in [0.25, 0.3) is 0 Å². The molecule has 6 heteroatoms. The van der Waals surface area contributed by atoms with Crippen LogP contribution in [0.5, 0.6) is 0 Å². The predicted molar refractivity (Wildman–Crippen MR) is 100 cm³/mol. The smallest absolute Gasteiger partial charge is 0.264 e. The quantitative estimate of drug-likeness (QED) is 0.825. The van der Waals surface area contributed by atoms with Gasteiger partial charge in [0.15, 0.2) is 0 Å². The number of hydrogen-bond acceptors (Lipinski definition) is 3. The van der Waals surface area contributed by atoms with Crippen LogP contribution in [0.2, 0.25) is 0 Å². The molecule has 0 radical (unpaired) electrons. The first-order valence-corrected chi connectivity index (χ1v) is 9.73. The second kappa shape index (κ2) is 8.16. The number of nitrogens with zero attached hydrogens (tertiary/aromatic N) is 1. The van der Waals surface area contributed by atoms with Crippen molar-refractivity contribution >= 4 is 21.6 Å². The molecule has 0 heterocycles. The van der Waals surface area contributed by atoms with Crippen LogP contribution >= 0.6 is 0 Å². The Balaban J connectivity index is 2.43. The van der Waals surface area contributed by atoms with Gasteiger partial charge in [0.25, 0.3) is 10.0 Å². The van der Waals surface area contributed by atoms with Gasteiger partial charge in [0.1, 0.15) is 6.54 Å². The maximum Gasteiger partial charge on any atom is 0.264 e. The molecule has 0 bridgehead atoms. The van der Waals surface area contributed by atoms with Gasteiger partial charge in [-0.05, 0) is 44.0 Å². The van der Waals surface area contributed by atoms with Crippen LogP contribution in [-0.4, -0.2) is 26.9 Å². The van der Waals surface area contributed by atoms with Crippen molar-refractivity contribution < 1.29 is 13.2 Å². The zero-order chi connectivity index (χ0) is 18.4. The van der Waals surface area contributed by atoms with Gasteiger partial charge in [-0.3, -0.25) is 9.10 Å². The van der Waals surface area contributed by atoms with Crippen molar-refractivity contribution in [2.45, 2.75) is 38.1 Å². The number of hydrogen-bond donors (Lipinski definition) is 1. The first kappa shape index (κ1) is 19.0. The van der Waals surface area contributed by atoms with Crippen molar-refractivity contribution in [3.05, 3.63) is 60.2 Å². The number of nitrogens with one attached hydrogen (secondary N) is 1. The highest BCUT2D eigenvalue weighted by atomic mass is 32.2. The summed E-state index contributed by atoms with van der Waals surface area (Å²) in [5.74, 6) is -0.322. The molecule has 25 heavy (non-hydrogen) atoms. The van der Waals surface area contributed by atoms with E-state index in [1.165, 1.54) is 16.4 Å². The molecule has 1 N–H and O–H groups in total. The highest BCUT2D eigenvalue weighted by Gasteiger charge is 2.28.